The molecule has 1 aromatic carbocycles. The van der Waals surface area contributed by atoms with Crippen molar-refractivity contribution in [3.05, 3.63) is 49.0 Å². The van der Waals surface area contributed by atoms with Crippen LogP contribution in [0.1, 0.15) is 5.89 Å². The maximum absolute atomic E-state index is 9.04. The average molecular weight is 288 g/mol. The lowest BCUT2D eigenvalue weighted by atomic mass is 10.2. The van der Waals surface area contributed by atoms with Crippen molar-refractivity contribution in [2.24, 2.45) is 0 Å². The number of hydrogen-bond donors (Lipinski definition) is 1. The van der Waals surface area contributed by atoms with Gasteiger partial charge >= 0.3 is 0 Å². The largest absolute Gasteiger partial charge is 0.497 e. The van der Waals surface area contributed by atoms with Crippen molar-refractivity contribution in [3.63, 3.8) is 0 Å². The number of aliphatic hydroxyl groups is 1. The minimum absolute atomic E-state index is 0.0971. The Labute approximate surface area is 124 Å². The van der Waals surface area contributed by atoms with Crippen molar-refractivity contribution in [1.29, 1.82) is 0 Å². The number of aliphatic hydroxyl groups excluding tert-OH is 1. The maximum atomic E-state index is 9.04. The number of aromatic nitrogens is 1. The fourth-order valence-corrected chi connectivity index (χ4v) is 2.02. The van der Waals surface area contributed by atoms with E-state index in [-0.39, 0.29) is 6.61 Å². The summed E-state index contributed by atoms with van der Waals surface area (Å²) >= 11 is 0. The summed E-state index contributed by atoms with van der Waals surface area (Å²) in [5, 5.41) is 9.04. The lowest BCUT2D eigenvalue weighted by molar-refractivity contribution is 0.192. The Bertz CT molecular complexity index is 563. The fourth-order valence-electron chi connectivity index (χ4n) is 2.02. The lowest BCUT2D eigenvalue weighted by Gasteiger charge is -2.16. The monoisotopic (exact) mass is 288 g/mol. The molecule has 0 atom stereocenters. The number of rotatable bonds is 8. The molecule has 0 aliphatic heterocycles. The van der Waals surface area contributed by atoms with Crippen molar-refractivity contribution in [2.75, 3.05) is 26.8 Å². The van der Waals surface area contributed by atoms with Gasteiger partial charge in [-0.05, 0) is 24.3 Å². The molecule has 0 radical (unpaired) electrons. The zero-order valence-corrected chi connectivity index (χ0v) is 12.2. The van der Waals surface area contributed by atoms with Gasteiger partial charge in [0.2, 0.25) is 5.89 Å². The van der Waals surface area contributed by atoms with Gasteiger partial charge in [0.05, 0.1) is 26.5 Å². The Morgan fingerprint density at radius 2 is 2.14 bits per heavy atom. The maximum Gasteiger partial charge on any atom is 0.209 e. The van der Waals surface area contributed by atoms with E-state index in [0.717, 1.165) is 17.1 Å². The second-order valence-corrected chi connectivity index (χ2v) is 4.59. The zero-order valence-electron chi connectivity index (χ0n) is 12.2. The number of oxazole rings is 1. The molecule has 2 aromatic rings. The molecule has 0 unspecified atom stereocenters. The zero-order chi connectivity index (χ0) is 15.1. The van der Waals surface area contributed by atoms with Gasteiger partial charge in [0, 0.05) is 18.7 Å². The Morgan fingerprint density at radius 3 is 2.76 bits per heavy atom. The molecule has 0 aliphatic rings. The molecule has 112 valence electrons. The topological polar surface area (TPSA) is 58.7 Å². The van der Waals surface area contributed by atoms with Gasteiger partial charge in [-0.15, -0.1) is 6.58 Å². The Kier molecular flexibility index (Phi) is 5.54. The summed E-state index contributed by atoms with van der Waals surface area (Å²) in [6.07, 6.45) is 3.51. The van der Waals surface area contributed by atoms with Gasteiger partial charge in [-0.1, -0.05) is 6.08 Å². The summed E-state index contributed by atoms with van der Waals surface area (Å²) in [5.41, 5.74) is 0.951. The molecular weight excluding hydrogens is 268 g/mol. The highest BCUT2D eigenvalue weighted by Gasteiger charge is 2.10. The molecule has 0 spiro atoms. The molecule has 1 N–H and O–H groups in total. The number of methoxy groups -OCH3 is 1. The summed E-state index contributed by atoms with van der Waals surface area (Å²) in [6, 6.07) is 7.62. The predicted octanol–water partition coefficient (Wildman–Crippen LogP) is 2.33. The van der Waals surface area contributed by atoms with Crippen LogP contribution in [0.25, 0.3) is 11.3 Å². The normalized spacial score (nSPS) is 10.8. The molecule has 0 fully saturated rings. The number of nitrogens with zero attached hydrogens (tertiary/aromatic N) is 2. The van der Waals surface area contributed by atoms with Gasteiger partial charge in [-0.3, -0.25) is 4.90 Å². The highest BCUT2D eigenvalue weighted by atomic mass is 16.5. The van der Waals surface area contributed by atoms with E-state index >= 15 is 0 Å². The molecule has 0 saturated heterocycles. The van der Waals surface area contributed by atoms with Crippen LogP contribution in [0.15, 0.2) is 47.5 Å². The quantitative estimate of drug-likeness (QED) is 0.755. The molecule has 0 aliphatic carbocycles. The van der Waals surface area contributed by atoms with E-state index in [1.807, 2.05) is 29.2 Å². The van der Waals surface area contributed by atoms with Crippen LogP contribution in [0.3, 0.4) is 0 Å². The third kappa shape index (κ3) is 4.18. The minimum Gasteiger partial charge on any atom is -0.497 e. The molecule has 2 rings (SSSR count). The highest BCUT2D eigenvalue weighted by molar-refractivity contribution is 5.57. The van der Waals surface area contributed by atoms with E-state index in [2.05, 4.69) is 11.6 Å². The smallest absolute Gasteiger partial charge is 0.209 e. The molecule has 1 aromatic heterocycles. The van der Waals surface area contributed by atoms with E-state index in [1.165, 1.54) is 0 Å². The molecule has 5 nitrogen and oxygen atoms in total. The van der Waals surface area contributed by atoms with Crippen LogP contribution >= 0.6 is 0 Å². The number of hydrogen-bond acceptors (Lipinski definition) is 5. The van der Waals surface area contributed by atoms with Crippen LogP contribution in [0.2, 0.25) is 0 Å². The number of ether oxygens (including phenoxy) is 1. The van der Waals surface area contributed by atoms with Gasteiger partial charge in [0.15, 0.2) is 5.76 Å². The second-order valence-electron chi connectivity index (χ2n) is 4.59. The van der Waals surface area contributed by atoms with Crippen LogP contribution < -0.4 is 4.74 Å². The van der Waals surface area contributed by atoms with Crippen molar-refractivity contribution in [1.82, 2.24) is 9.88 Å². The molecule has 5 heteroatoms. The lowest BCUT2D eigenvalue weighted by Crippen LogP contribution is -2.26. The first-order chi connectivity index (χ1) is 10.3. The second kappa shape index (κ2) is 7.61. The predicted molar refractivity (Wildman–Crippen MR) is 81.1 cm³/mol. The van der Waals surface area contributed by atoms with Gasteiger partial charge in [0.1, 0.15) is 5.75 Å². The Balaban J connectivity index is 2.07. The summed E-state index contributed by atoms with van der Waals surface area (Å²) < 4.78 is 10.9. The van der Waals surface area contributed by atoms with Crippen molar-refractivity contribution in [2.45, 2.75) is 6.54 Å². The molecule has 21 heavy (non-hydrogen) atoms. The Morgan fingerprint density at radius 1 is 1.38 bits per heavy atom. The van der Waals surface area contributed by atoms with Crippen LogP contribution in [-0.4, -0.2) is 41.8 Å². The molecule has 0 amide bonds. The van der Waals surface area contributed by atoms with E-state index in [9.17, 15) is 0 Å². The highest BCUT2D eigenvalue weighted by Crippen LogP contribution is 2.23. The molecular formula is C16H20N2O3. The SMILES string of the molecule is C=CCN(CCO)Cc1ncc(-c2ccc(OC)cc2)o1. The van der Waals surface area contributed by atoms with E-state index < -0.39 is 0 Å². The van der Waals surface area contributed by atoms with Crippen molar-refractivity contribution >= 4 is 0 Å². The fraction of sp³-hybridized carbons (Fsp3) is 0.312. The van der Waals surface area contributed by atoms with E-state index in [1.54, 1.807) is 19.4 Å². The van der Waals surface area contributed by atoms with Gasteiger partial charge in [-0.2, -0.15) is 0 Å². The van der Waals surface area contributed by atoms with Crippen LogP contribution in [0.4, 0.5) is 0 Å². The van der Waals surface area contributed by atoms with Crippen molar-refractivity contribution < 1.29 is 14.3 Å². The third-order valence-electron chi connectivity index (χ3n) is 3.09. The van der Waals surface area contributed by atoms with Gasteiger partial charge < -0.3 is 14.3 Å². The first-order valence-electron chi connectivity index (χ1n) is 6.80. The van der Waals surface area contributed by atoms with Crippen LogP contribution in [-0.2, 0) is 6.54 Å². The first-order valence-corrected chi connectivity index (χ1v) is 6.80. The summed E-state index contributed by atoms with van der Waals surface area (Å²) in [6.45, 7) is 5.59. The minimum atomic E-state index is 0.0971. The summed E-state index contributed by atoms with van der Waals surface area (Å²) in [5.74, 6) is 2.14. The molecule has 0 bridgehead atoms. The molecule has 0 saturated carbocycles. The van der Waals surface area contributed by atoms with Gasteiger partial charge in [0.25, 0.3) is 0 Å². The summed E-state index contributed by atoms with van der Waals surface area (Å²) in [4.78, 5) is 6.29. The van der Waals surface area contributed by atoms with Crippen molar-refractivity contribution in [3.8, 4) is 17.1 Å². The van der Waals surface area contributed by atoms with Gasteiger partial charge in [-0.25, -0.2) is 4.98 Å². The number of benzene rings is 1. The van der Waals surface area contributed by atoms with Crippen LogP contribution in [0.5, 0.6) is 5.75 Å². The van der Waals surface area contributed by atoms with E-state index in [4.69, 9.17) is 14.3 Å². The Hall–Kier alpha value is -2.11. The molecule has 1 heterocycles. The first kappa shape index (κ1) is 15.3. The average Bonchev–Trinajstić information content (AvgIpc) is 2.96. The third-order valence-corrected chi connectivity index (χ3v) is 3.09. The standard InChI is InChI=1S/C16H20N2O3/c1-3-8-18(9-10-19)12-16-17-11-15(21-16)13-4-6-14(20-2)7-5-13/h3-7,11,19H,1,8-10,12H2,2H3. The van der Waals surface area contributed by atoms with Crippen LogP contribution in [0, 0.1) is 0 Å². The van der Waals surface area contributed by atoms with E-state index in [0.29, 0.717) is 25.5 Å². The summed E-state index contributed by atoms with van der Waals surface area (Å²) in [7, 11) is 1.64.